The van der Waals surface area contributed by atoms with Crippen molar-refractivity contribution in [3.05, 3.63) is 35.9 Å². The first-order valence-corrected chi connectivity index (χ1v) is 7.52. The average molecular weight is 344 g/mol. The number of hydrogen-bond donors (Lipinski definition) is 3. The van der Waals surface area contributed by atoms with Crippen molar-refractivity contribution < 1.29 is 23.8 Å². The Bertz CT molecular complexity index is 858. The number of anilines is 1. The molecule has 2 heterocycles. The summed E-state index contributed by atoms with van der Waals surface area (Å²) in [6, 6.07) is 4.66. The van der Waals surface area contributed by atoms with E-state index in [1.807, 2.05) is 6.92 Å². The molecule has 130 valence electrons. The SMILES string of the molecule is Cc1ncoc1OC(=O)Nc1ccc(C2=NNC(=O)CC2C)cc1O. The van der Waals surface area contributed by atoms with Crippen molar-refractivity contribution >= 4 is 23.4 Å². The summed E-state index contributed by atoms with van der Waals surface area (Å²) in [5.41, 5.74) is 4.32. The number of hydrogen-bond acceptors (Lipinski definition) is 7. The zero-order valence-electron chi connectivity index (χ0n) is 13.6. The Kier molecular flexibility index (Phi) is 4.38. The maximum atomic E-state index is 11.9. The van der Waals surface area contributed by atoms with Crippen molar-refractivity contribution in [2.24, 2.45) is 11.0 Å². The average Bonchev–Trinajstić information content (AvgIpc) is 2.94. The van der Waals surface area contributed by atoms with Gasteiger partial charge in [-0.05, 0) is 19.1 Å². The van der Waals surface area contributed by atoms with E-state index in [4.69, 9.17) is 9.15 Å². The molecule has 0 bridgehead atoms. The molecule has 1 aromatic carbocycles. The van der Waals surface area contributed by atoms with Crippen LogP contribution in [0, 0.1) is 12.8 Å². The predicted octanol–water partition coefficient (Wildman–Crippen LogP) is 2.16. The molecule has 0 radical (unpaired) electrons. The van der Waals surface area contributed by atoms with Crippen molar-refractivity contribution in [2.45, 2.75) is 20.3 Å². The fourth-order valence-electron chi connectivity index (χ4n) is 2.41. The quantitative estimate of drug-likeness (QED) is 0.733. The van der Waals surface area contributed by atoms with E-state index in [0.717, 1.165) is 6.39 Å². The summed E-state index contributed by atoms with van der Waals surface area (Å²) in [5, 5.41) is 16.6. The van der Waals surface area contributed by atoms with Crippen LogP contribution in [0.25, 0.3) is 0 Å². The number of nitrogens with zero attached hydrogens (tertiary/aromatic N) is 2. The Morgan fingerprint density at radius 1 is 1.48 bits per heavy atom. The Hall–Kier alpha value is -3.36. The molecule has 0 saturated carbocycles. The number of oxazole rings is 1. The van der Waals surface area contributed by atoms with Crippen molar-refractivity contribution in [1.29, 1.82) is 0 Å². The van der Waals surface area contributed by atoms with E-state index in [9.17, 15) is 14.7 Å². The van der Waals surface area contributed by atoms with E-state index < -0.39 is 6.09 Å². The van der Waals surface area contributed by atoms with Crippen LogP contribution < -0.4 is 15.5 Å². The molecule has 0 spiro atoms. The molecular weight excluding hydrogens is 328 g/mol. The van der Waals surface area contributed by atoms with Gasteiger partial charge < -0.3 is 14.3 Å². The normalized spacial score (nSPS) is 16.8. The first kappa shape index (κ1) is 16.5. The van der Waals surface area contributed by atoms with Crippen molar-refractivity contribution in [3.63, 3.8) is 0 Å². The van der Waals surface area contributed by atoms with Gasteiger partial charge in [-0.3, -0.25) is 10.1 Å². The van der Waals surface area contributed by atoms with Crippen molar-refractivity contribution in [1.82, 2.24) is 10.4 Å². The van der Waals surface area contributed by atoms with Gasteiger partial charge in [0.2, 0.25) is 5.91 Å². The molecule has 0 fully saturated rings. The number of carbonyl (C=O) groups excluding carboxylic acids is 2. The summed E-state index contributed by atoms with van der Waals surface area (Å²) < 4.78 is 9.87. The molecular formula is C16H16N4O5. The minimum atomic E-state index is -0.821. The van der Waals surface area contributed by atoms with Crippen LogP contribution in [0.2, 0.25) is 0 Å². The van der Waals surface area contributed by atoms with E-state index in [1.165, 1.54) is 12.1 Å². The van der Waals surface area contributed by atoms with E-state index in [1.54, 1.807) is 13.0 Å². The highest BCUT2D eigenvalue weighted by Crippen LogP contribution is 2.27. The van der Waals surface area contributed by atoms with Crippen LogP contribution in [-0.2, 0) is 4.79 Å². The molecule has 1 aliphatic rings. The van der Waals surface area contributed by atoms with Gasteiger partial charge in [0.05, 0.1) is 11.4 Å². The predicted molar refractivity (Wildman–Crippen MR) is 87.5 cm³/mol. The molecule has 2 aromatic rings. The zero-order valence-corrected chi connectivity index (χ0v) is 13.6. The van der Waals surface area contributed by atoms with E-state index >= 15 is 0 Å². The summed E-state index contributed by atoms with van der Waals surface area (Å²) in [5.74, 6) is -0.402. The van der Waals surface area contributed by atoms with Crippen LogP contribution in [0.4, 0.5) is 10.5 Å². The zero-order chi connectivity index (χ0) is 18.0. The number of rotatable bonds is 3. The molecule has 1 aliphatic heterocycles. The smallest absolute Gasteiger partial charge is 0.419 e. The number of aryl methyl sites for hydroxylation is 1. The number of phenolic OH excluding ortho intramolecular Hbond substituents is 1. The van der Waals surface area contributed by atoms with Crippen LogP contribution in [0.5, 0.6) is 11.7 Å². The van der Waals surface area contributed by atoms with Crippen LogP contribution in [-0.4, -0.2) is 27.8 Å². The fraction of sp³-hybridized carbons (Fsp3) is 0.250. The Morgan fingerprint density at radius 3 is 2.92 bits per heavy atom. The van der Waals surface area contributed by atoms with Crippen LogP contribution >= 0.6 is 0 Å². The number of nitrogens with one attached hydrogen (secondary N) is 2. The van der Waals surface area contributed by atoms with Crippen molar-refractivity contribution in [2.75, 3.05) is 5.32 Å². The third kappa shape index (κ3) is 3.60. The number of benzene rings is 1. The van der Waals surface area contributed by atoms with Gasteiger partial charge in [-0.2, -0.15) is 5.10 Å². The first-order valence-electron chi connectivity index (χ1n) is 7.52. The molecule has 1 atom stereocenters. The Morgan fingerprint density at radius 2 is 2.28 bits per heavy atom. The van der Waals surface area contributed by atoms with E-state index in [2.05, 4.69) is 20.8 Å². The molecule has 25 heavy (non-hydrogen) atoms. The largest absolute Gasteiger partial charge is 0.506 e. The second-order valence-electron chi connectivity index (χ2n) is 5.61. The number of hydrazone groups is 1. The number of phenols is 1. The lowest BCUT2D eigenvalue weighted by Crippen LogP contribution is -2.31. The molecule has 9 nitrogen and oxygen atoms in total. The number of ether oxygens (including phenoxy) is 1. The van der Waals surface area contributed by atoms with Gasteiger partial charge in [-0.25, -0.2) is 15.2 Å². The summed E-state index contributed by atoms with van der Waals surface area (Å²) >= 11 is 0. The second kappa shape index (κ2) is 6.63. The van der Waals surface area contributed by atoms with E-state index in [-0.39, 0.29) is 29.2 Å². The molecule has 1 aromatic heterocycles. The number of amides is 2. The van der Waals surface area contributed by atoms with Gasteiger partial charge in [-0.15, -0.1) is 0 Å². The molecule has 3 N–H and O–H groups in total. The highest BCUT2D eigenvalue weighted by Gasteiger charge is 2.22. The summed E-state index contributed by atoms with van der Waals surface area (Å²) in [6.45, 7) is 3.50. The third-order valence-electron chi connectivity index (χ3n) is 3.68. The molecule has 2 amide bonds. The van der Waals surface area contributed by atoms with Gasteiger partial charge >= 0.3 is 12.0 Å². The van der Waals surface area contributed by atoms with Gasteiger partial charge in [-0.1, -0.05) is 13.0 Å². The maximum Gasteiger partial charge on any atom is 0.419 e. The molecule has 0 aliphatic carbocycles. The molecule has 3 rings (SSSR count). The standard InChI is InChI=1S/C16H16N4O5/c1-8-5-13(22)19-20-14(8)10-3-4-11(12(21)6-10)18-16(23)25-15-9(2)17-7-24-15/h3-4,6-8,21H,5H2,1-2H3,(H,18,23)(H,19,22). The van der Waals surface area contributed by atoms with Gasteiger partial charge in [0.15, 0.2) is 6.39 Å². The number of carbonyl (C=O) groups is 2. The van der Waals surface area contributed by atoms with E-state index in [0.29, 0.717) is 23.4 Å². The monoisotopic (exact) mass is 344 g/mol. The van der Waals surface area contributed by atoms with Crippen molar-refractivity contribution in [3.8, 4) is 11.7 Å². The van der Waals surface area contributed by atoms with Gasteiger partial charge in [0.1, 0.15) is 11.4 Å². The minimum absolute atomic E-state index is 0.0188. The van der Waals surface area contributed by atoms with Gasteiger partial charge in [0, 0.05) is 17.9 Å². The first-order chi connectivity index (χ1) is 11.9. The second-order valence-corrected chi connectivity index (χ2v) is 5.61. The number of aromatic hydroxyl groups is 1. The lowest BCUT2D eigenvalue weighted by atomic mass is 9.94. The highest BCUT2D eigenvalue weighted by molar-refractivity contribution is 6.06. The summed E-state index contributed by atoms with van der Waals surface area (Å²) in [4.78, 5) is 27.0. The summed E-state index contributed by atoms with van der Waals surface area (Å²) in [7, 11) is 0. The molecule has 9 heteroatoms. The van der Waals surface area contributed by atoms with Crippen LogP contribution in [0.3, 0.4) is 0 Å². The molecule has 1 unspecified atom stereocenters. The van der Waals surface area contributed by atoms with Crippen LogP contribution in [0.1, 0.15) is 24.6 Å². The highest BCUT2D eigenvalue weighted by atomic mass is 16.6. The van der Waals surface area contributed by atoms with Crippen LogP contribution in [0.15, 0.2) is 34.1 Å². The fourth-order valence-corrected chi connectivity index (χ4v) is 2.41. The minimum Gasteiger partial charge on any atom is -0.506 e. The lowest BCUT2D eigenvalue weighted by molar-refractivity contribution is -0.121. The van der Waals surface area contributed by atoms with Gasteiger partial charge in [0.25, 0.3) is 0 Å². The Labute approximate surface area is 142 Å². The topological polar surface area (TPSA) is 126 Å². The Balaban J connectivity index is 1.73. The lowest BCUT2D eigenvalue weighted by Gasteiger charge is -2.19. The third-order valence-corrected chi connectivity index (χ3v) is 3.68. The summed E-state index contributed by atoms with van der Waals surface area (Å²) in [6.07, 6.45) is 0.663. The molecule has 0 saturated heterocycles. The number of aromatic nitrogens is 1. The maximum absolute atomic E-state index is 11.9.